The normalized spacial score (nSPS) is 11.3. The third kappa shape index (κ3) is 41.1. The molecule has 0 amide bonds. The van der Waals surface area contributed by atoms with Crippen LogP contribution in [0.5, 0.6) is 0 Å². The topological polar surface area (TPSA) is 52.6 Å². The minimum Gasteiger partial charge on any atom is -0.466 e. The molecule has 286 valence electrons. The molecule has 0 rings (SSSR count). The van der Waals surface area contributed by atoms with E-state index in [1.807, 2.05) is 0 Å². The van der Waals surface area contributed by atoms with Gasteiger partial charge in [0, 0.05) is 12.8 Å². The first-order valence-electron chi connectivity index (χ1n) is 22.0. The van der Waals surface area contributed by atoms with Gasteiger partial charge < -0.3 is 9.47 Å². The number of esters is 2. The van der Waals surface area contributed by atoms with Crippen LogP contribution in [0.25, 0.3) is 0 Å². The molecule has 0 fully saturated rings. The molecular weight excluding hydrogens is 592 g/mol. The molecule has 0 aliphatic heterocycles. The van der Waals surface area contributed by atoms with Gasteiger partial charge in [-0.15, -0.1) is 0 Å². The summed E-state index contributed by atoms with van der Waals surface area (Å²) in [6.45, 7) is 5.69. The van der Waals surface area contributed by atoms with E-state index in [2.05, 4.69) is 13.8 Å². The van der Waals surface area contributed by atoms with E-state index in [-0.39, 0.29) is 11.9 Å². The number of carbonyl (C=O) groups excluding carboxylic acids is 2. The first-order valence-corrected chi connectivity index (χ1v) is 22.0. The Balaban J connectivity index is 3.23. The maximum Gasteiger partial charge on any atom is 0.305 e. The molecule has 0 radical (unpaired) electrons. The van der Waals surface area contributed by atoms with E-state index in [4.69, 9.17) is 9.47 Å². The summed E-state index contributed by atoms with van der Waals surface area (Å²) in [5.74, 6) is -0.0355. The summed E-state index contributed by atoms with van der Waals surface area (Å²) < 4.78 is 10.9. The Morgan fingerprint density at radius 2 is 0.458 bits per heavy atom. The second-order valence-electron chi connectivity index (χ2n) is 15.0. The van der Waals surface area contributed by atoms with Gasteiger partial charge in [-0.2, -0.15) is 0 Å². The molecule has 0 aliphatic carbocycles. The number of hydrogen-bond donors (Lipinski definition) is 0. The highest BCUT2D eigenvalue weighted by molar-refractivity contribution is 5.69. The van der Waals surface area contributed by atoms with E-state index < -0.39 is 0 Å². The van der Waals surface area contributed by atoms with E-state index >= 15 is 0 Å². The van der Waals surface area contributed by atoms with Crippen LogP contribution < -0.4 is 0 Å². The van der Waals surface area contributed by atoms with Gasteiger partial charge in [0.2, 0.25) is 0 Å². The van der Waals surface area contributed by atoms with Gasteiger partial charge in [0.25, 0.3) is 0 Å². The maximum absolute atomic E-state index is 12.0. The molecule has 0 aromatic heterocycles. The molecular formula is C44H86O4. The smallest absolute Gasteiger partial charge is 0.305 e. The van der Waals surface area contributed by atoms with E-state index in [0.717, 1.165) is 64.2 Å². The molecule has 0 N–H and O–H groups in total. The van der Waals surface area contributed by atoms with Crippen molar-refractivity contribution in [3.05, 3.63) is 0 Å². The molecule has 0 aromatic rings. The number of ether oxygens (including phenoxy) is 2. The molecule has 0 saturated carbocycles. The first kappa shape index (κ1) is 46.9. The Morgan fingerprint density at radius 3 is 0.688 bits per heavy atom. The average Bonchev–Trinajstić information content (AvgIpc) is 3.09. The Kier molecular flexibility index (Phi) is 41.2. The monoisotopic (exact) mass is 679 g/mol. The highest BCUT2D eigenvalue weighted by Gasteiger charge is 2.04. The molecule has 0 aromatic carbocycles. The van der Waals surface area contributed by atoms with Gasteiger partial charge in [0.15, 0.2) is 0 Å². The van der Waals surface area contributed by atoms with Gasteiger partial charge in [-0.1, -0.05) is 219 Å². The van der Waals surface area contributed by atoms with Crippen LogP contribution in [0.4, 0.5) is 0 Å². The van der Waals surface area contributed by atoms with Crippen LogP contribution >= 0.6 is 0 Å². The summed E-state index contributed by atoms with van der Waals surface area (Å²) in [5.41, 5.74) is 0. The van der Waals surface area contributed by atoms with Crippen molar-refractivity contribution in [2.75, 3.05) is 13.2 Å². The average molecular weight is 679 g/mol. The summed E-state index contributed by atoms with van der Waals surface area (Å²) in [5, 5.41) is 0. The fourth-order valence-electron chi connectivity index (χ4n) is 6.71. The summed E-state index contributed by atoms with van der Waals surface area (Å²) in [6, 6.07) is 0. The second-order valence-corrected chi connectivity index (χ2v) is 15.0. The van der Waals surface area contributed by atoms with Gasteiger partial charge >= 0.3 is 11.9 Å². The van der Waals surface area contributed by atoms with Gasteiger partial charge in [-0.05, 0) is 25.7 Å². The zero-order chi connectivity index (χ0) is 34.9. The molecule has 0 bridgehead atoms. The van der Waals surface area contributed by atoms with Crippen molar-refractivity contribution >= 4 is 11.9 Å². The van der Waals surface area contributed by atoms with Crippen LogP contribution in [0.3, 0.4) is 0 Å². The lowest BCUT2D eigenvalue weighted by Crippen LogP contribution is -2.06. The van der Waals surface area contributed by atoms with Crippen LogP contribution in [0.1, 0.15) is 258 Å². The largest absolute Gasteiger partial charge is 0.466 e. The van der Waals surface area contributed by atoms with E-state index in [1.54, 1.807) is 0 Å². The highest BCUT2D eigenvalue weighted by atomic mass is 16.5. The fraction of sp³-hybridized carbons (Fsp3) is 0.955. The lowest BCUT2D eigenvalue weighted by atomic mass is 10.0. The quantitative estimate of drug-likeness (QED) is 0.0477. The lowest BCUT2D eigenvalue weighted by Gasteiger charge is -2.06. The van der Waals surface area contributed by atoms with Gasteiger partial charge in [0.05, 0.1) is 13.2 Å². The third-order valence-electron chi connectivity index (χ3n) is 10.0. The van der Waals surface area contributed by atoms with E-state index in [9.17, 15) is 9.59 Å². The second kappa shape index (κ2) is 42.1. The Bertz CT molecular complexity index is 579. The Morgan fingerprint density at radius 1 is 0.271 bits per heavy atom. The summed E-state index contributed by atoms with van der Waals surface area (Å²) in [7, 11) is 0. The molecule has 0 unspecified atom stereocenters. The minimum atomic E-state index is -0.0177. The van der Waals surface area contributed by atoms with Crippen LogP contribution in [0.2, 0.25) is 0 Å². The number of hydrogen-bond acceptors (Lipinski definition) is 4. The van der Waals surface area contributed by atoms with Gasteiger partial charge in [-0.25, -0.2) is 0 Å². The molecule has 48 heavy (non-hydrogen) atoms. The van der Waals surface area contributed by atoms with Crippen molar-refractivity contribution in [1.29, 1.82) is 0 Å². The molecule has 0 saturated heterocycles. The van der Waals surface area contributed by atoms with Crippen LogP contribution in [0, 0.1) is 0 Å². The molecule has 0 aliphatic rings. The Labute approximate surface area is 301 Å². The molecule has 0 atom stereocenters. The molecule has 4 heteroatoms. The zero-order valence-electron chi connectivity index (χ0n) is 32.9. The van der Waals surface area contributed by atoms with Crippen LogP contribution in [0.15, 0.2) is 0 Å². The summed E-state index contributed by atoms with van der Waals surface area (Å²) in [4.78, 5) is 24.0. The van der Waals surface area contributed by atoms with Gasteiger partial charge in [0.1, 0.15) is 0 Å². The summed E-state index contributed by atoms with van der Waals surface area (Å²) in [6.07, 6.45) is 47.9. The van der Waals surface area contributed by atoms with Crippen LogP contribution in [-0.2, 0) is 19.1 Å². The van der Waals surface area contributed by atoms with Crippen molar-refractivity contribution in [2.24, 2.45) is 0 Å². The maximum atomic E-state index is 12.0. The first-order chi connectivity index (χ1) is 23.7. The Hall–Kier alpha value is -1.06. The minimum absolute atomic E-state index is 0.0177. The van der Waals surface area contributed by atoms with Gasteiger partial charge in [-0.3, -0.25) is 9.59 Å². The fourth-order valence-corrected chi connectivity index (χ4v) is 6.71. The van der Waals surface area contributed by atoms with E-state index in [1.165, 1.54) is 167 Å². The molecule has 0 spiro atoms. The molecule has 4 nitrogen and oxygen atoms in total. The highest BCUT2D eigenvalue weighted by Crippen LogP contribution is 2.16. The number of rotatable bonds is 41. The SMILES string of the molecule is CCCCCCCCCCCCCCCCCC(=O)OCCCCCCCCOC(=O)CCCCCCCCCCCCCCCCC. The predicted molar refractivity (Wildman–Crippen MR) is 209 cm³/mol. The van der Waals surface area contributed by atoms with E-state index in [0.29, 0.717) is 26.1 Å². The zero-order valence-corrected chi connectivity index (χ0v) is 32.9. The van der Waals surface area contributed by atoms with Crippen molar-refractivity contribution in [1.82, 2.24) is 0 Å². The van der Waals surface area contributed by atoms with Crippen molar-refractivity contribution in [3.8, 4) is 0 Å². The predicted octanol–water partition coefficient (Wildman–Crippen LogP) is 14.9. The standard InChI is InChI=1S/C44H86O4/c1-3-5-7-9-11-13-15-17-19-21-23-25-27-31-35-39-43(45)47-41-37-33-29-30-34-38-42-48-44(46)40-36-32-28-26-24-22-20-18-16-14-12-10-8-6-4-2/h3-42H2,1-2H3. The van der Waals surface area contributed by atoms with Crippen molar-refractivity contribution < 1.29 is 19.1 Å². The molecule has 0 heterocycles. The van der Waals surface area contributed by atoms with Crippen molar-refractivity contribution in [3.63, 3.8) is 0 Å². The van der Waals surface area contributed by atoms with Crippen LogP contribution in [-0.4, -0.2) is 25.2 Å². The number of unbranched alkanes of at least 4 members (excludes halogenated alkanes) is 33. The van der Waals surface area contributed by atoms with Crippen molar-refractivity contribution in [2.45, 2.75) is 258 Å². The third-order valence-corrected chi connectivity index (χ3v) is 10.0. The lowest BCUT2D eigenvalue weighted by molar-refractivity contribution is -0.144. The summed E-state index contributed by atoms with van der Waals surface area (Å²) >= 11 is 0. The number of carbonyl (C=O) groups is 2.